The number of hydrogen-bond acceptors (Lipinski definition) is 15. The van der Waals surface area contributed by atoms with Gasteiger partial charge in [-0.1, -0.05) is 170 Å². The summed E-state index contributed by atoms with van der Waals surface area (Å²) in [4.78, 5) is 98.7. The summed E-state index contributed by atoms with van der Waals surface area (Å²) in [7, 11) is 0. The van der Waals surface area contributed by atoms with Gasteiger partial charge in [-0.25, -0.2) is 69.8 Å². The Morgan fingerprint density at radius 2 is 0.337 bits per heavy atom. The first-order valence-electron chi connectivity index (χ1n) is 34.2. The highest BCUT2D eigenvalue weighted by atomic mass is 16.4. The third-order valence-corrected chi connectivity index (χ3v) is 20.9. The fraction of sp³-hybridized carbons (Fsp3) is 0.0341. The maximum Gasteiger partial charge on any atom is 0.320 e. The monoisotopic (exact) mass is 1330 g/mol. The number of rotatable bonds is 10. The van der Waals surface area contributed by atoms with Crippen LogP contribution in [0.5, 0.6) is 0 Å². The van der Waals surface area contributed by atoms with Crippen molar-refractivity contribution in [2.24, 2.45) is 0 Å². The highest BCUT2D eigenvalue weighted by molar-refractivity contribution is 6.09. The molecule has 1 N–H and O–H groups in total. The molecule has 0 aliphatic heterocycles. The van der Waals surface area contributed by atoms with Crippen molar-refractivity contribution in [3.63, 3.8) is 0 Å². The molecule has 0 spiro atoms. The molecule has 0 radical (unpaired) electrons. The van der Waals surface area contributed by atoms with Gasteiger partial charge in [0.15, 0.2) is 0 Å². The van der Waals surface area contributed by atoms with Gasteiger partial charge in [-0.15, -0.1) is 0 Å². The van der Waals surface area contributed by atoms with E-state index in [4.69, 9.17) is 69.8 Å². The van der Waals surface area contributed by atoms with Crippen molar-refractivity contribution in [2.45, 2.75) is 16.2 Å². The van der Waals surface area contributed by atoms with E-state index in [0.717, 1.165) is 0 Å². The summed E-state index contributed by atoms with van der Waals surface area (Å²) < 4.78 is 0. The SMILES string of the molecule is O=C(O)C(c1cccc2nc3ccccc3nc12)(c1cccc2nc3ccccc3nc12)C(c1cccc2nc3ccccc3nc12)(c1cccc2nc3ccccc3nc12)C(c1cccc2nc3ccccc3nc12)(c1cccc2nc3ccccc3nc12)c1cccc2nc3ccccc3nc12. The second-order valence-corrected chi connectivity index (χ2v) is 26.3. The van der Waals surface area contributed by atoms with Crippen molar-refractivity contribution >= 4 is 160 Å². The van der Waals surface area contributed by atoms with Gasteiger partial charge in [0.1, 0.15) is 5.41 Å². The van der Waals surface area contributed by atoms with Crippen molar-refractivity contribution in [1.82, 2.24) is 69.8 Å². The van der Waals surface area contributed by atoms with Crippen LogP contribution in [0.15, 0.2) is 297 Å². The fourth-order valence-corrected chi connectivity index (χ4v) is 16.8. The molecule has 0 bridgehead atoms. The molecule has 7 aromatic heterocycles. The van der Waals surface area contributed by atoms with Crippen molar-refractivity contribution in [3.8, 4) is 0 Å². The zero-order chi connectivity index (χ0) is 68.8. The number of benzene rings is 14. The van der Waals surface area contributed by atoms with E-state index in [1.54, 1.807) is 0 Å². The molecule has 16 nitrogen and oxygen atoms in total. The van der Waals surface area contributed by atoms with Gasteiger partial charge < -0.3 is 5.11 Å². The van der Waals surface area contributed by atoms with Crippen molar-refractivity contribution in [3.05, 3.63) is 336 Å². The van der Waals surface area contributed by atoms with Crippen LogP contribution in [0.2, 0.25) is 0 Å². The average molecular weight is 1340 g/mol. The van der Waals surface area contributed by atoms with Crippen LogP contribution in [-0.2, 0) is 21.0 Å². The fourth-order valence-electron chi connectivity index (χ4n) is 16.8. The summed E-state index contributed by atoms with van der Waals surface area (Å²) in [5.74, 6) is -1.35. The minimum absolute atomic E-state index is 0.203. The van der Waals surface area contributed by atoms with Crippen LogP contribution in [0.1, 0.15) is 38.9 Å². The second-order valence-electron chi connectivity index (χ2n) is 26.3. The number of aliphatic carboxylic acids is 1. The van der Waals surface area contributed by atoms with Crippen molar-refractivity contribution in [2.75, 3.05) is 0 Å². The summed E-state index contributed by atoms with van der Waals surface area (Å²) in [6.07, 6.45) is 0. The Balaban J connectivity index is 1.17. The summed E-state index contributed by atoms with van der Waals surface area (Å²) >= 11 is 0. The number of hydrogen-bond donors (Lipinski definition) is 1. The maximum absolute atomic E-state index is 18.7. The summed E-state index contributed by atoms with van der Waals surface area (Å²) in [5, 5.41) is 15.2. The third kappa shape index (κ3) is 8.26. The number of carbonyl (C=O) groups is 1. The van der Waals surface area contributed by atoms with Crippen LogP contribution < -0.4 is 0 Å². The molecule has 7 heterocycles. The van der Waals surface area contributed by atoms with Crippen LogP contribution >= 0.6 is 0 Å². The largest absolute Gasteiger partial charge is 0.480 e. The van der Waals surface area contributed by atoms with E-state index in [1.807, 2.05) is 279 Å². The highest BCUT2D eigenvalue weighted by Crippen LogP contribution is 2.70. The Morgan fingerprint density at radius 3 is 0.538 bits per heavy atom. The highest BCUT2D eigenvalue weighted by Gasteiger charge is 2.74. The van der Waals surface area contributed by atoms with Crippen molar-refractivity contribution in [1.29, 1.82) is 0 Å². The Kier molecular flexibility index (Phi) is 12.6. The number of carboxylic acid groups (broad SMARTS) is 1. The van der Waals surface area contributed by atoms with Gasteiger partial charge in [0.05, 0.1) is 165 Å². The predicted octanol–water partition coefficient (Wildman–Crippen LogP) is 17.8. The van der Waals surface area contributed by atoms with Gasteiger partial charge in [0.2, 0.25) is 0 Å². The molecule has 484 valence electrons. The normalized spacial score (nSPS) is 12.5. The van der Waals surface area contributed by atoms with Crippen LogP contribution in [0.25, 0.3) is 154 Å². The molecule has 21 aromatic rings. The number of carboxylic acids is 1. The second kappa shape index (κ2) is 22.4. The van der Waals surface area contributed by atoms with Gasteiger partial charge >= 0.3 is 5.97 Å². The topological polar surface area (TPSA) is 218 Å². The quantitative estimate of drug-likeness (QED) is 0.0994. The molecule has 0 fully saturated rings. The van der Waals surface area contributed by atoms with Gasteiger partial charge in [0.25, 0.3) is 0 Å². The van der Waals surface area contributed by atoms with E-state index in [-0.39, 0.29) is 22.2 Å². The Morgan fingerprint density at radius 1 is 0.183 bits per heavy atom. The zero-order valence-corrected chi connectivity index (χ0v) is 54.9. The molecule has 0 atom stereocenters. The number of para-hydroxylation sites is 21. The lowest BCUT2D eigenvalue weighted by Gasteiger charge is -2.60. The Bertz CT molecular complexity index is 6780. The molecule has 0 aliphatic carbocycles. The lowest BCUT2D eigenvalue weighted by Crippen LogP contribution is -2.67. The predicted molar refractivity (Wildman–Crippen MR) is 408 cm³/mol. The summed E-state index contributed by atoms with van der Waals surface area (Å²) in [6.45, 7) is 0. The zero-order valence-electron chi connectivity index (χ0n) is 54.9. The molecular formula is C88H50N14O2. The first-order chi connectivity index (χ1) is 51.3. The van der Waals surface area contributed by atoms with Crippen LogP contribution in [0.3, 0.4) is 0 Å². The van der Waals surface area contributed by atoms with E-state index in [9.17, 15) is 0 Å². The molecular weight excluding hydrogens is 1290 g/mol. The average Bonchev–Trinajstić information content (AvgIpc) is 0.639. The van der Waals surface area contributed by atoms with Crippen molar-refractivity contribution < 1.29 is 9.90 Å². The smallest absolute Gasteiger partial charge is 0.320 e. The van der Waals surface area contributed by atoms with E-state index in [1.165, 1.54) is 0 Å². The molecule has 0 amide bonds. The molecule has 0 unspecified atom stereocenters. The first-order valence-corrected chi connectivity index (χ1v) is 34.2. The number of fused-ring (bicyclic) bond motifs is 14. The van der Waals surface area contributed by atoms with Crippen LogP contribution in [0.4, 0.5) is 0 Å². The van der Waals surface area contributed by atoms with E-state index < -0.39 is 22.2 Å². The number of nitrogens with zero attached hydrogens (tertiary/aromatic N) is 14. The standard InChI is InChI=1S/C88H50N14O2/c103-85(104)87(53-25-18-46-74-81(53)99-67-39-11-4-32-60(67)92-74,54-26-19-47-75-82(54)100-68-40-12-5-33-61(68)93-75)88(55-27-20-48-76-83(55)101-69-41-13-6-34-62(69)94-76,56-28-21-49-77-84(56)102-70-42-14-7-35-63(70)95-77)86(50-22-15-43-71-78(50)96-64-36-8-1-29-57(64)89-71,51-23-16-44-72-79(51)97-65-37-9-2-30-58(65)90-72)52-24-17-45-73-80(52)98-66-38-10-3-31-59(66)91-73/h1-49H,(H,103,104). The van der Waals surface area contributed by atoms with Gasteiger partial charge in [0, 0.05) is 11.1 Å². The van der Waals surface area contributed by atoms with Gasteiger partial charge in [-0.3, -0.25) is 4.79 Å². The van der Waals surface area contributed by atoms with E-state index in [2.05, 4.69) is 18.2 Å². The molecule has 0 saturated heterocycles. The summed E-state index contributed by atoms with van der Waals surface area (Å²) in [5.41, 5.74) is 8.69. The molecule has 16 heteroatoms. The molecule has 104 heavy (non-hydrogen) atoms. The molecule has 0 saturated carbocycles. The minimum atomic E-state index is -2.76. The molecule has 21 rings (SSSR count). The Hall–Kier alpha value is -14.3. The number of aromatic nitrogens is 14. The van der Waals surface area contributed by atoms with Crippen LogP contribution in [-0.4, -0.2) is 80.9 Å². The first kappa shape index (κ1) is 58.7. The van der Waals surface area contributed by atoms with Gasteiger partial charge in [-0.05, 0) is 155 Å². The lowest BCUT2D eigenvalue weighted by molar-refractivity contribution is -0.145. The Labute approximate surface area is 589 Å². The maximum atomic E-state index is 18.7. The van der Waals surface area contributed by atoms with Crippen LogP contribution in [0, 0.1) is 0 Å². The van der Waals surface area contributed by atoms with E-state index >= 15 is 9.90 Å². The third-order valence-electron chi connectivity index (χ3n) is 20.9. The summed E-state index contributed by atoms with van der Waals surface area (Å²) in [6, 6.07) is 95.4. The van der Waals surface area contributed by atoms with Gasteiger partial charge in [-0.2, -0.15) is 0 Å². The molecule has 0 aliphatic rings. The minimum Gasteiger partial charge on any atom is -0.480 e. The van der Waals surface area contributed by atoms with E-state index in [0.29, 0.717) is 171 Å². The molecule has 14 aromatic carbocycles. The lowest BCUT2D eigenvalue weighted by atomic mass is 9.37.